The highest BCUT2D eigenvalue weighted by molar-refractivity contribution is 5.78. The van der Waals surface area contributed by atoms with Crippen LogP contribution < -0.4 is 10.9 Å². The van der Waals surface area contributed by atoms with Gasteiger partial charge in [0.2, 0.25) is 11.9 Å². The summed E-state index contributed by atoms with van der Waals surface area (Å²) in [5, 5.41) is 3.77. The molecular weight excluding hydrogens is 294 g/mol. The van der Waals surface area contributed by atoms with Crippen molar-refractivity contribution in [1.29, 1.82) is 0 Å². The minimum atomic E-state index is -0.131. The first-order chi connectivity index (χ1) is 11.1. The van der Waals surface area contributed by atoms with Crippen LogP contribution in [-0.2, 0) is 4.79 Å². The summed E-state index contributed by atoms with van der Waals surface area (Å²) >= 11 is 0. The third-order valence-electron chi connectivity index (χ3n) is 4.15. The molecule has 0 radical (unpaired) electrons. The fourth-order valence-corrected chi connectivity index (χ4v) is 2.79. The number of para-hydroxylation sites is 1. The van der Waals surface area contributed by atoms with E-state index in [4.69, 9.17) is 0 Å². The van der Waals surface area contributed by atoms with Gasteiger partial charge in [0.15, 0.2) is 0 Å². The van der Waals surface area contributed by atoms with E-state index in [1.165, 1.54) is 0 Å². The van der Waals surface area contributed by atoms with Crippen molar-refractivity contribution in [2.75, 3.05) is 44.6 Å². The number of hydrogen-bond donors (Lipinski definition) is 2. The monoisotopic (exact) mass is 315 g/mol. The van der Waals surface area contributed by atoms with Crippen LogP contribution in [0, 0.1) is 0 Å². The van der Waals surface area contributed by atoms with Crippen LogP contribution in [0.4, 0.5) is 5.95 Å². The average Bonchev–Trinajstić information content (AvgIpc) is 2.55. The Hall–Kier alpha value is -2.41. The van der Waals surface area contributed by atoms with Crippen LogP contribution in [0.1, 0.15) is 6.92 Å². The molecule has 2 N–H and O–H groups in total. The van der Waals surface area contributed by atoms with E-state index in [0.717, 1.165) is 32.7 Å². The molecule has 7 nitrogen and oxygen atoms in total. The zero-order valence-electron chi connectivity index (χ0n) is 13.2. The Kier molecular flexibility index (Phi) is 4.57. The molecule has 1 aromatic carbocycles. The second-order valence-corrected chi connectivity index (χ2v) is 5.71. The Morgan fingerprint density at radius 3 is 2.74 bits per heavy atom. The number of carbonyl (C=O) groups is 1. The van der Waals surface area contributed by atoms with Crippen molar-refractivity contribution in [3.8, 4) is 0 Å². The number of fused-ring (bicyclic) bond motifs is 1. The van der Waals surface area contributed by atoms with Gasteiger partial charge in [-0.25, -0.2) is 4.98 Å². The van der Waals surface area contributed by atoms with E-state index < -0.39 is 0 Å². The molecule has 1 aliphatic heterocycles. The molecule has 0 unspecified atom stereocenters. The summed E-state index contributed by atoms with van der Waals surface area (Å²) in [4.78, 5) is 34.6. The van der Waals surface area contributed by atoms with Crippen molar-refractivity contribution in [3.63, 3.8) is 0 Å². The summed E-state index contributed by atoms with van der Waals surface area (Å²) in [6.45, 7) is 6.47. The third kappa shape index (κ3) is 3.68. The van der Waals surface area contributed by atoms with E-state index in [1.54, 1.807) is 13.0 Å². The Morgan fingerprint density at radius 2 is 2.00 bits per heavy atom. The fraction of sp³-hybridized carbons (Fsp3) is 0.438. The minimum Gasteiger partial charge on any atom is -0.354 e. The number of H-pyrrole nitrogens is 1. The van der Waals surface area contributed by atoms with Gasteiger partial charge >= 0.3 is 0 Å². The predicted molar refractivity (Wildman–Crippen MR) is 89.5 cm³/mol. The molecule has 0 bridgehead atoms. The Morgan fingerprint density at radius 1 is 1.26 bits per heavy atom. The van der Waals surface area contributed by atoms with E-state index >= 15 is 0 Å². The van der Waals surface area contributed by atoms with Crippen LogP contribution in [0.5, 0.6) is 0 Å². The van der Waals surface area contributed by atoms with Crippen molar-refractivity contribution in [2.24, 2.45) is 0 Å². The number of nitrogens with zero attached hydrogens (tertiary/aromatic N) is 3. The van der Waals surface area contributed by atoms with Gasteiger partial charge in [0.1, 0.15) is 0 Å². The lowest BCUT2D eigenvalue weighted by molar-refractivity contribution is -0.130. The van der Waals surface area contributed by atoms with E-state index in [2.05, 4.69) is 20.2 Å². The lowest BCUT2D eigenvalue weighted by atomic mass is 10.2. The maximum Gasteiger partial charge on any atom is 0.260 e. The van der Waals surface area contributed by atoms with Gasteiger partial charge in [0, 0.05) is 46.2 Å². The van der Waals surface area contributed by atoms with Gasteiger partial charge in [-0.15, -0.1) is 0 Å². The van der Waals surface area contributed by atoms with Crippen LogP contribution in [0.3, 0.4) is 0 Å². The maximum atomic E-state index is 12.0. The van der Waals surface area contributed by atoms with Crippen molar-refractivity contribution in [2.45, 2.75) is 6.92 Å². The Bertz CT molecular complexity index is 749. The number of anilines is 1. The van der Waals surface area contributed by atoms with Gasteiger partial charge in [0.05, 0.1) is 10.9 Å². The number of aromatic amines is 1. The topological polar surface area (TPSA) is 81.3 Å². The molecule has 1 amide bonds. The van der Waals surface area contributed by atoms with E-state index in [0.29, 0.717) is 23.4 Å². The quantitative estimate of drug-likeness (QED) is 0.859. The first-order valence-electron chi connectivity index (χ1n) is 7.84. The number of aromatic nitrogens is 2. The molecule has 0 atom stereocenters. The number of carbonyl (C=O) groups excluding carboxylic acids is 1. The van der Waals surface area contributed by atoms with Gasteiger partial charge < -0.3 is 10.2 Å². The molecule has 3 rings (SSSR count). The number of piperazine rings is 1. The fourth-order valence-electron chi connectivity index (χ4n) is 2.79. The van der Waals surface area contributed by atoms with Crippen molar-refractivity contribution in [1.82, 2.24) is 19.8 Å². The zero-order valence-corrected chi connectivity index (χ0v) is 13.2. The molecule has 7 heteroatoms. The average molecular weight is 315 g/mol. The first-order valence-corrected chi connectivity index (χ1v) is 7.84. The van der Waals surface area contributed by atoms with E-state index in [1.807, 2.05) is 23.1 Å². The SMILES string of the molecule is CC(=O)N1CCN(CCNc2nc3ccccc3c(=O)[nH]2)CC1. The molecule has 0 aliphatic carbocycles. The number of amides is 1. The molecule has 0 spiro atoms. The van der Waals surface area contributed by atoms with Crippen molar-refractivity contribution in [3.05, 3.63) is 34.6 Å². The predicted octanol–water partition coefficient (Wildman–Crippen LogP) is 0.499. The number of nitrogens with one attached hydrogen (secondary N) is 2. The van der Waals surface area contributed by atoms with Crippen LogP contribution in [0.15, 0.2) is 29.1 Å². The molecular formula is C16H21N5O2. The van der Waals surface area contributed by atoms with Gasteiger partial charge in [0.25, 0.3) is 5.56 Å². The summed E-state index contributed by atoms with van der Waals surface area (Å²) in [6, 6.07) is 7.29. The van der Waals surface area contributed by atoms with E-state index in [-0.39, 0.29) is 11.5 Å². The number of rotatable bonds is 4. The molecule has 1 fully saturated rings. The third-order valence-corrected chi connectivity index (χ3v) is 4.15. The lowest BCUT2D eigenvalue weighted by Gasteiger charge is -2.34. The largest absolute Gasteiger partial charge is 0.354 e. The van der Waals surface area contributed by atoms with E-state index in [9.17, 15) is 9.59 Å². The van der Waals surface area contributed by atoms with Crippen LogP contribution in [-0.4, -0.2) is 64.9 Å². The summed E-state index contributed by atoms with van der Waals surface area (Å²) < 4.78 is 0. The van der Waals surface area contributed by atoms with Crippen LogP contribution >= 0.6 is 0 Å². The van der Waals surface area contributed by atoms with Crippen molar-refractivity contribution < 1.29 is 4.79 Å². The van der Waals surface area contributed by atoms with Crippen molar-refractivity contribution >= 4 is 22.8 Å². The normalized spacial score (nSPS) is 15.8. The molecule has 1 aliphatic rings. The standard InChI is InChI=1S/C16H21N5O2/c1-12(22)21-10-8-20(9-11-21)7-6-17-16-18-14-5-3-2-4-13(14)15(23)19-16/h2-5H,6-11H2,1H3,(H2,17,18,19,23). The highest BCUT2D eigenvalue weighted by Gasteiger charge is 2.17. The second kappa shape index (κ2) is 6.78. The highest BCUT2D eigenvalue weighted by atomic mass is 16.2. The first kappa shape index (κ1) is 15.5. The highest BCUT2D eigenvalue weighted by Crippen LogP contribution is 2.08. The molecule has 1 saturated heterocycles. The zero-order chi connectivity index (χ0) is 16.2. The second-order valence-electron chi connectivity index (χ2n) is 5.71. The smallest absolute Gasteiger partial charge is 0.260 e. The summed E-state index contributed by atoms with van der Waals surface area (Å²) in [5.41, 5.74) is 0.557. The molecule has 0 saturated carbocycles. The van der Waals surface area contributed by atoms with Gasteiger partial charge in [-0.05, 0) is 12.1 Å². The summed E-state index contributed by atoms with van der Waals surface area (Å²) in [6.07, 6.45) is 0. The number of hydrogen-bond acceptors (Lipinski definition) is 5. The Balaban J connectivity index is 1.53. The van der Waals surface area contributed by atoms with Gasteiger partial charge in [-0.3, -0.25) is 19.5 Å². The number of benzene rings is 1. The molecule has 2 aromatic rings. The molecule has 1 aromatic heterocycles. The van der Waals surface area contributed by atoms with Gasteiger partial charge in [-0.1, -0.05) is 12.1 Å². The molecule has 2 heterocycles. The molecule has 23 heavy (non-hydrogen) atoms. The summed E-state index contributed by atoms with van der Waals surface area (Å²) in [5.74, 6) is 0.636. The van der Waals surface area contributed by atoms with Crippen LogP contribution in [0.2, 0.25) is 0 Å². The minimum absolute atomic E-state index is 0.131. The maximum absolute atomic E-state index is 12.0. The lowest BCUT2D eigenvalue weighted by Crippen LogP contribution is -2.49. The van der Waals surface area contributed by atoms with Gasteiger partial charge in [-0.2, -0.15) is 0 Å². The Labute approximate surface area is 134 Å². The summed E-state index contributed by atoms with van der Waals surface area (Å²) in [7, 11) is 0. The van der Waals surface area contributed by atoms with Crippen LogP contribution in [0.25, 0.3) is 10.9 Å². The molecule has 122 valence electrons.